The zero-order valence-corrected chi connectivity index (χ0v) is 11.3. The van der Waals surface area contributed by atoms with Crippen LogP contribution in [0.15, 0.2) is 0 Å². The van der Waals surface area contributed by atoms with Gasteiger partial charge < -0.3 is 9.53 Å². The van der Waals surface area contributed by atoms with Crippen molar-refractivity contribution in [2.45, 2.75) is 71.4 Å². The molecule has 0 saturated heterocycles. The van der Waals surface area contributed by atoms with Crippen LogP contribution >= 0.6 is 0 Å². The molecule has 0 rings (SSSR count). The molecule has 0 bridgehead atoms. The van der Waals surface area contributed by atoms with Crippen molar-refractivity contribution >= 4 is 8.32 Å². The normalized spacial score (nSPS) is 16.7. The van der Waals surface area contributed by atoms with Gasteiger partial charge >= 0.3 is 0 Å². The summed E-state index contributed by atoms with van der Waals surface area (Å²) in [5, 5.41) is 9.67. The molecule has 0 fully saturated rings. The van der Waals surface area contributed by atoms with Gasteiger partial charge in [-0.1, -0.05) is 27.7 Å². The lowest BCUT2D eigenvalue weighted by molar-refractivity contribution is 0.0381. The van der Waals surface area contributed by atoms with E-state index < -0.39 is 8.32 Å². The molecule has 0 aromatic rings. The first kappa shape index (κ1) is 14.1. The Balaban J connectivity index is 4.28. The number of hydrogen-bond donors (Lipinski definition) is 1. The predicted molar refractivity (Wildman–Crippen MR) is 64.0 cm³/mol. The maximum Gasteiger partial charge on any atom is 0.192 e. The standard InChI is InChI=1S/C11H26O2Si/c1-6-11(12)10(5)13-14(7-2,8-3)9-4/h10-12H,6-9H2,1-5H3/t10-,11-/m0/s1. The summed E-state index contributed by atoms with van der Waals surface area (Å²) >= 11 is 0. The molecule has 0 amide bonds. The van der Waals surface area contributed by atoms with Gasteiger partial charge in [-0.25, -0.2) is 0 Å². The highest BCUT2D eigenvalue weighted by Gasteiger charge is 2.32. The smallest absolute Gasteiger partial charge is 0.192 e. The Labute approximate surface area is 89.8 Å². The number of rotatable bonds is 7. The molecule has 0 heterocycles. The maximum atomic E-state index is 9.67. The lowest BCUT2D eigenvalue weighted by atomic mass is 10.2. The third kappa shape index (κ3) is 3.71. The van der Waals surface area contributed by atoms with Gasteiger partial charge in [-0.2, -0.15) is 0 Å². The molecule has 0 unspecified atom stereocenters. The number of hydrogen-bond acceptors (Lipinski definition) is 2. The van der Waals surface area contributed by atoms with Crippen LogP contribution in [0.25, 0.3) is 0 Å². The number of aliphatic hydroxyl groups is 1. The quantitative estimate of drug-likeness (QED) is 0.665. The van der Waals surface area contributed by atoms with Crippen molar-refractivity contribution in [3.8, 4) is 0 Å². The minimum Gasteiger partial charge on any atom is -0.412 e. The van der Waals surface area contributed by atoms with E-state index in [1.54, 1.807) is 0 Å². The van der Waals surface area contributed by atoms with Crippen LogP contribution in [0.1, 0.15) is 41.0 Å². The van der Waals surface area contributed by atoms with Crippen molar-refractivity contribution in [1.82, 2.24) is 0 Å². The minimum atomic E-state index is -1.52. The van der Waals surface area contributed by atoms with Gasteiger partial charge in [0.2, 0.25) is 0 Å². The second-order valence-electron chi connectivity index (χ2n) is 4.04. The molecule has 14 heavy (non-hydrogen) atoms. The molecular weight excluding hydrogens is 192 g/mol. The van der Waals surface area contributed by atoms with Gasteiger partial charge in [-0.05, 0) is 31.5 Å². The highest BCUT2D eigenvalue weighted by molar-refractivity contribution is 6.73. The van der Waals surface area contributed by atoms with E-state index in [2.05, 4.69) is 20.8 Å². The molecule has 0 aliphatic carbocycles. The van der Waals surface area contributed by atoms with Crippen molar-refractivity contribution < 1.29 is 9.53 Å². The number of aliphatic hydroxyl groups excluding tert-OH is 1. The second-order valence-corrected chi connectivity index (χ2v) is 8.77. The zero-order valence-electron chi connectivity index (χ0n) is 10.3. The highest BCUT2D eigenvalue weighted by Crippen LogP contribution is 2.24. The molecule has 0 aliphatic rings. The van der Waals surface area contributed by atoms with Crippen LogP contribution in [-0.2, 0) is 4.43 Å². The Morgan fingerprint density at radius 2 is 1.50 bits per heavy atom. The molecule has 0 saturated carbocycles. The average Bonchev–Trinajstić information content (AvgIpc) is 2.24. The average molecular weight is 218 g/mol. The highest BCUT2D eigenvalue weighted by atomic mass is 28.4. The third-order valence-electron chi connectivity index (χ3n) is 3.33. The predicted octanol–water partition coefficient (Wildman–Crippen LogP) is 3.17. The maximum absolute atomic E-state index is 9.67. The van der Waals surface area contributed by atoms with Gasteiger partial charge in [0.05, 0.1) is 12.2 Å². The molecule has 2 atom stereocenters. The molecule has 1 N–H and O–H groups in total. The molecule has 3 heteroatoms. The van der Waals surface area contributed by atoms with Crippen molar-refractivity contribution in [3.05, 3.63) is 0 Å². The van der Waals surface area contributed by atoms with Crippen LogP contribution in [0.2, 0.25) is 18.1 Å². The molecule has 2 nitrogen and oxygen atoms in total. The first-order valence-electron chi connectivity index (χ1n) is 5.91. The molecule has 0 spiro atoms. The molecule has 0 aromatic carbocycles. The van der Waals surface area contributed by atoms with E-state index in [4.69, 9.17) is 4.43 Å². The Hall–Kier alpha value is 0.137. The molecular formula is C11H26O2Si. The fourth-order valence-corrected chi connectivity index (χ4v) is 4.75. The Bertz CT molecular complexity index is 138. The van der Waals surface area contributed by atoms with E-state index >= 15 is 0 Å². The van der Waals surface area contributed by atoms with E-state index in [1.807, 2.05) is 13.8 Å². The Kier molecular flexibility index (Phi) is 6.65. The zero-order chi connectivity index (χ0) is 11.2. The third-order valence-corrected chi connectivity index (χ3v) is 8.07. The summed E-state index contributed by atoms with van der Waals surface area (Å²) in [4.78, 5) is 0. The van der Waals surface area contributed by atoms with Crippen LogP contribution < -0.4 is 0 Å². The molecule has 86 valence electrons. The summed E-state index contributed by atoms with van der Waals surface area (Å²) in [6.07, 6.45) is 0.487. The summed E-state index contributed by atoms with van der Waals surface area (Å²) in [6, 6.07) is 3.46. The van der Waals surface area contributed by atoms with Crippen molar-refractivity contribution in [3.63, 3.8) is 0 Å². The largest absolute Gasteiger partial charge is 0.412 e. The molecule has 0 radical (unpaired) electrons. The fourth-order valence-electron chi connectivity index (χ4n) is 1.80. The van der Waals surface area contributed by atoms with Gasteiger partial charge in [0.25, 0.3) is 0 Å². The minimum absolute atomic E-state index is 0.00603. The van der Waals surface area contributed by atoms with Crippen molar-refractivity contribution in [1.29, 1.82) is 0 Å². The van der Waals surface area contributed by atoms with Gasteiger partial charge in [0.1, 0.15) is 0 Å². The van der Waals surface area contributed by atoms with Crippen molar-refractivity contribution in [2.75, 3.05) is 0 Å². The van der Waals surface area contributed by atoms with Gasteiger partial charge in [0.15, 0.2) is 8.32 Å². The first-order valence-corrected chi connectivity index (χ1v) is 8.44. The second kappa shape index (κ2) is 6.59. The summed E-state index contributed by atoms with van der Waals surface area (Å²) in [7, 11) is -1.52. The van der Waals surface area contributed by atoms with E-state index in [0.29, 0.717) is 0 Å². The van der Waals surface area contributed by atoms with Gasteiger partial charge in [0, 0.05) is 0 Å². The fraction of sp³-hybridized carbons (Fsp3) is 1.00. The summed E-state index contributed by atoms with van der Waals surface area (Å²) in [5.74, 6) is 0. The summed E-state index contributed by atoms with van der Waals surface area (Å²) < 4.78 is 6.13. The lowest BCUT2D eigenvalue weighted by Gasteiger charge is -2.33. The van der Waals surface area contributed by atoms with Crippen molar-refractivity contribution in [2.24, 2.45) is 0 Å². The van der Waals surface area contributed by atoms with E-state index in [9.17, 15) is 5.11 Å². The SMILES string of the molecule is CC[C@H](O)[C@H](C)O[Si](CC)(CC)CC. The van der Waals surface area contributed by atoms with Gasteiger partial charge in [-0.15, -0.1) is 0 Å². The van der Waals surface area contributed by atoms with Crippen LogP contribution in [0.5, 0.6) is 0 Å². The monoisotopic (exact) mass is 218 g/mol. The topological polar surface area (TPSA) is 29.5 Å². The van der Waals surface area contributed by atoms with E-state index in [1.165, 1.54) is 0 Å². The summed E-state index contributed by atoms with van der Waals surface area (Å²) in [5.41, 5.74) is 0. The Morgan fingerprint density at radius 3 is 1.79 bits per heavy atom. The van der Waals surface area contributed by atoms with Crippen LogP contribution in [0.4, 0.5) is 0 Å². The molecule has 0 aliphatic heterocycles. The van der Waals surface area contributed by atoms with Crippen LogP contribution in [-0.4, -0.2) is 25.6 Å². The van der Waals surface area contributed by atoms with Crippen LogP contribution in [0, 0.1) is 0 Å². The van der Waals surface area contributed by atoms with E-state index in [-0.39, 0.29) is 12.2 Å². The first-order chi connectivity index (χ1) is 6.55. The van der Waals surface area contributed by atoms with Gasteiger partial charge in [-0.3, -0.25) is 0 Å². The lowest BCUT2D eigenvalue weighted by Crippen LogP contribution is -2.42. The summed E-state index contributed by atoms with van der Waals surface area (Å²) in [6.45, 7) is 10.6. The van der Waals surface area contributed by atoms with Crippen LogP contribution in [0.3, 0.4) is 0 Å². The van der Waals surface area contributed by atoms with E-state index in [0.717, 1.165) is 24.6 Å². The Morgan fingerprint density at radius 1 is 1.07 bits per heavy atom. The molecule has 0 aromatic heterocycles.